The predicted molar refractivity (Wildman–Crippen MR) is 255 cm³/mol. The molecule has 0 unspecified atom stereocenters. The average Bonchev–Trinajstić information content (AvgIpc) is 3.88. The molecule has 1 fully saturated rings. The van der Waals surface area contributed by atoms with Crippen LogP contribution in [0.5, 0.6) is 5.75 Å². The van der Waals surface area contributed by atoms with Crippen LogP contribution in [0.3, 0.4) is 0 Å². The number of hydrogen-bond acceptors (Lipinski definition) is 10. The lowest BCUT2D eigenvalue weighted by atomic mass is 9.85. The third kappa shape index (κ3) is 15.2. The van der Waals surface area contributed by atoms with Crippen LogP contribution < -0.4 is 30.9 Å². The molecule has 342 valence electrons. The minimum atomic E-state index is -0.844. The molecule has 0 aliphatic carbocycles. The van der Waals surface area contributed by atoms with Crippen molar-refractivity contribution in [1.29, 1.82) is 0 Å². The molecule has 1 saturated heterocycles. The standard InChI is InChI=1S/C50H71N7O5S/c1-35(38-21-23-39(24-22-38)46-36(2)53-34-63-46)54-48(60)44-30-41(58)33-57(44)49(61)47(50(3,4)5)55-45(59)18-11-9-8-10-14-29-62-42-25-19-37(20-26-42)31-51-27-15-28-52-32-40-16-12-13-17-43(40)56(6)7/h12-13,16-17,19-26,34-35,41,44,47,51-52,58H,8-11,14-15,18,27-33H2,1-7H3,(H,54,60)(H,55,59)/t35-,41+,44-,47+/m0/s1. The molecular weight excluding hydrogens is 811 g/mol. The summed E-state index contributed by atoms with van der Waals surface area (Å²) < 4.78 is 5.99. The molecule has 13 heteroatoms. The number of para-hydroxylation sites is 1. The fourth-order valence-corrected chi connectivity index (χ4v) is 8.76. The van der Waals surface area contributed by atoms with Crippen molar-refractivity contribution in [2.45, 2.75) is 123 Å². The topological polar surface area (TPSA) is 148 Å². The first kappa shape index (κ1) is 49.2. The smallest absolute Gasteiger partial charge is 0.246 e. The summed E-state index contributed by atoms with van der Waals surface area (Å²) in [6.45, 7) is 13.9. The number of β-amino-alcohol motifs (C(OH)–C–C–N with tert-alkyl or cyclic N) is 1. The highest BCUT2D eigenvalue weighted by atomic mass is 32.1. The zero-order valence-electron chi connectivity index (χ0n) is 38.5. The largest absolute Gasteiger partial charge is 0.494 e. The summed E-state index contributed by atoms with van der Waals surface area (Å²) in [6, 6.07) is 22.8. The van der Waals surface area contributed by atoms with Crippen molar-refractivity contribution in [2.24, 2.45) is 5.41 Å². The number of aliphatic hydroxyl groups is 1. The Balaban J connectivity index is 0.945. The van der Waals surface area contributed by atoms with Gasteiger partial charge in [0.1, 0.15) is 17.8 Å². The van der Waals surface area contributed by atoms with Crippen molar-refractivity contribution in [3.8, 4) is 16.2 Å². The molecule has 1 aromatic heterocycles. The first-order valence-electron chi connectivity index (χ1n) is 22.7. The Hall–Kier alpha value is -4.82. The summed E-state index contributed by atoms with van der Waals surface area (Å²) in [5.41, 5.74) is 7.99. The van der Waals surface area contributed by atoms with Gasteiger partial charge in [0.05, 0.1) is 34.8 Å². The van der Waals surface area contributed by atoms with E-state index in [1.165, 1.54) is 21.7 Å². The van der Waals surface area contributed by atoms with Gasteiger partial charge in [-0.1, -0.05) is 94.6 Å². The molecule has 0 saturated carbocycles. The Morgan fingerprint density at radius 2 is 1.57 bits per heavy atom. The number of aliphatic hydroxyl groups excluding tert-OH is 1. The number of ether oxygens (including phenoxy) is 1. The van der Waals surface area contributed by atoms with E-state index in [-0.39, 0.29) is 36.7 Å². The van der Waals surface area contributed by atoms with Gasteiger partial charge < -0.3 is 40.9 Å². The number of likely N-dealkylation sites (tertiary alicyclic amines) is 1. The van der Waals surface area contributed by atoms with E-state index in [1.807, 2.05) is 76.5 Å². The van der Waals surface area contributed by atoms with Crippen molar-refractivity contribution >= 4 is 34.7 Å². The molecule has 12 nitrogen and oxygen atoms in total. The number of carbonyl (C=O) groups excluding carboxylic acids is 3. The summed E-state index contributed by atoms with van der Waals surface area (Å²) in [5.74, 6) is 0.00325. The molecule has 0 spiro atoms. The second-order valence-corrected chi connectivity index (χ2v) is 19.0. The molecule has 5 N–H and O–H groups in total. The number of nitrogens with zero attached hydrogens (tertiary/aromatic N) is 3. The van der Waals surface area contributed by atoms with E-state index in [2.05, 4.69) is 81.6 Å². The molecule has 4 aromatic rings. The Bertz CT molecular complexity index is 2030. The maximum Gasteiger partial charge on any atom is 0.246 e. The van der Waals surface area contributed by atoms with Gasteiger partial charge in [-0.25, -0.2) is 4.98 Å². The lowest BCUT2D eigenvalue weighted by molar-refractivity contribution is -0.144. The number of carbonyl (C=O) groups is 3. The van der Waals surface area contributed by atoms with Gasteiger partial charge in [-0.05, 0) is 92.1 Å². The lowest BCUT2D eigenvalue weighted by Crippen LogP contribution is -2.57. The highest BCUT2D eigenvalue weighted by Crippen LogP contribution is 2.30. The Kier molecular flexibility index (Phi) is 19.0. The van der Waals surface area contributed by atoms with Crippen molar-refractivity contribution < 1.29 is 24.2 Å². The maximum atomic E-state index is 14.1. The lowest BCUT2D eigenvalue weighted by Gasteiger charge is -2.35. The molecule has 1 aliphatic rings. The third-order valence-corrected chi connectivity index (χ3v) is 12.6. The predicted octanol–water partition coefficient (Wildman–Crippen LogP) is 7.54. The van der Waals surface area contributed by atoms with Crippen LogP contribution in [0.15, 0.2) is 78.3 Å². The molecule has 4 atom stereocenters. The van der Waals surface area contributed by atoms with Crippen LogP contribution in [0.1, 0.15) is 107 Å². The fourth-order valence-electron chi connectivity index (χ4n) is 7.95. The zero-order chi connectivity index (χ0) is 45.4. The molecule has 2 heterocycles. The molecule has 3 amide bonds. The van der Waals surface area contributed by atoms with Crippen LogP contribution in [0, 0.1) is 12.3 Å². The second-order valence-electron chi connectivity index (χ2n) is 18.1. The number of hydrogen-bond donors (Lipinski definition) is 5. The highest BCUT2D eigenvalue weighted by molar-refractivity contribution is 7.13. The van der Waals surface area contributed by atoms with Gasteiger partial charge in [0.15, 0.2) is 0 Å². The van der Waals surface area contributed by atoms with E-state index in [1.54, 1.807) is 11.3 Å². The van der Waals surface area contributed by atoms with Crippen molar-refractivity contribution in [1.82, 2.24) is 31.2 Å². The number of anilines is 1. The van der Waals surface area contributed by atoms with E-state index in [4.69, 9.17) is 4.74 Å². The Morgan fingerprint density at radius 3 is 2.25 bits per heavy atom. The summed E-state index contributed by atoms with van der Waals surface area (Å²) in [4.78, 5) is 49.9. The second kappa shape index (κ2) is 24.3. The Labute approximate surface area is 379 Å². The first-order chi connectivity index (χ1) is 30.2. The number of aromatic nitrogens is 1. The molecule has 0 radical (unpaired) electrons. The summed E-state index contributed by atoms with van der Waals surface area (Å²) in [6.07, 6.45) is 5.20. The molecule has 63 heavy (non-hydrogen) atoms. The van der Waals surface area contributed by atoms with E-state index in [9.17, 15) is 19.5 Å². The van der Waals surface area contributed by atoms with Gasteiger partial charge in [-0.2, -0.15) is 0 Å². The molecule has 0 bridgehead atoms. The van der Waals surface area contributed by atoms with Crippen LogP contribution in [0.2, 0.25) is 0 Å². The number of thiazole rings is 1. The van der Waals surface area contributed by atoms with Gasteiger partial charge in [-0.15, -0.1) is 11.3 Å². The van der Waals surface area contributed by atoms with Crippen LogP contribution in [-0.2, 0) is 27.5 Å². The van der Waals surface area contributed by atoms with Gasteiger partial charge in [-0.3, -0.25) is 14.4 Å². The summed E-state index contributed by atoms with van der Waals surface area (Å²) >= 11 is 1.59. The maximum absolute atomic E-state index is 14.1. The van der Waals surface area contributed by atoms with Crippen molar-refractivity contribution in [2.75, 3.05) is 45.2 Å². The van der Waals surface area contributed by atoms with E-state index in [0.717, 1.165) is 85.7 Å². The van der Waals surface area contributed by atoms with Crippen LogP contribution in [0.25, 0.3) is 10.4 Å². The monoisotopic (exact) mass is 882 g/mol. The van der Waals surface area contributed by atoms with Crippen molar-refractivity contribution in [3.63, 3.8) is 0 Å². The number of amides is 3. The van der Waals surface area contributed by atoms with E-state index >= 15 is 0 Å². The minimum absolute atomic E-state index is 0.0382. The van der Waals surface area contributed by atoms with Crippen molar-refractivity contribution in [3.05, 3.63) is 101 Å². The Morgan fingerprint density at radius 1 is 0.889 bits per heavy atom. The fraction of sp³-hybridized carbons (Fsp3) is 0.520. The number of nitrogens with one attached hydrogen (secondary N) is 4. The third-order valence-electron chi connectivity index (χ3n) is 11.6. The van der Waals surface area contributed by atoms with Gasteiger partial charge in [0.25, 0.3) is 0 Å². The van der Waals surface area contributed by atoms with Crippen LogP contribution in [0.4, 0.5) is 5.69 Å². The average molecular weight is 882 g/mol. The van der Waals surface area contributed by atoms with Gasteiger partial charge >= 0.3 is 0 Å². The SMILES string of the molecule is Cc1ncsc1-c1ccc([C@H](C)NC(=O)[C@@H]2C[C@@H](O)CN2C(=O)[C@@H](NC(=O)CCCCCCCOc2ccc(CNCCCNCc3ccccc3N(C)C)cc2)C(C)(C)C)cc1. The quantitative estimate of drug-likeness (QED) is 0.0451. The summed E-state index contributed by atoms with van der Waals surface area (Å²) in [7, 11) is 4.15. The number of benzene rings is 3. The zero-order valence-corrected chi connectivity index (χ0v) is 39.4. The number of rotatable bonds is 24. The minimum Gasteiger partial charge on any atom is -0.494 e. The van der Waals surface area contributed by atoms with E-state index in [0.29, 0.717) is 19.4 Å². The van der Waals surface area contributed by atoms with Crippen LogP contribution in [-0.4, -0.2) is 91.2 Å². The first-order valence-corrected chi connectivity index (χ1v) is 23.6. The van der Waals surface area contributed by atoms with Gasteiger partial charge in [0.2, 0.25) is 17.7 Å². The van der Waals surface area contributed by atoms with Crippen LogP contribution >= 0.6 is 11.3 Å². The molecular formula is C50H71N7O5S. The van der Waals surface area contributed by atoms with Gasteiger partial charge in [0, 0.05) is 52.3 Å². The molecule has 5 rings (SSSR count). The highest BCUT2D eigenvalue weighted by Gasteiger charge is 2.44. The number of unbranched alkanes of at least 4 members (excludes halogenated alkanes) is 4. The molecule has 1 aliphatic heterocycles. The molecule has 3 aromatic carbocycles. The summed E-state index contributed by atoms with van der Waals surface area (Å²) in [5, 5.41) is 23.8. The van der Waals surface area contributed by atoms with E-state index < -0.39 is 23.6 Å². The number of aryl methyl sites for hydroxylation is 1. The normalized spacial score (nSPS) is 16.1.